The van der Waals surface area contributed by atoms with E-state index < -0.39 is 11.0 Å². The van der Waals surface area contributed by atoms with Crippen molar-refractivity contribution in [3.63, 3.8) is 0 Å². The molecule has 0 spiro atoms. The Hall–Kier alpha value is -1.06. The predicted octanol–water partition coefficient (Wildman–Crippen LogP) is 1.51. The van der Waals surface area contributed by atoms with E-state index >= 15 is 0 Å². The van der Waals surface area contributed by atoms with E-state index in [0.29, 0.717) is 5.75 Å². The standard InChI is InChI=1S/C9H10ClNO2/c1-9(10,11)8(12)13-7-5-3-2-4-6-7/h2-6H,11H2,1H3/t9-/m0/s1. The number of alkyl halides is 1. The summed E-state index contributed by atoms with van der Waals surface area (Å²) >= 11 is 5.54. The van der Waals surface area contributed by atoms with Crippen molar-refractivity contribution in [3.05, 3.63) is 30.3 Å². The van der Waals surface area contributed by atoms with E-state index in [-0.39, 0.29) is 0 Å². The normalized spacial score (nSPS) is 14.7. The largest absolute Gasteiger partial charge is 0.424 e. The molecule has 0 heterocycles. The molecule has 0 aliphatic heterocycles. The number of carbonyl (C=O) groups excluding carboxylic acids is 1. The average Bonchev–Trinajstić information content (AvgIpc) is 2.04. The molecule has 0 amide bonds. The van der Waals surface area contributed by atoms with Gasteiger partial charge in [0.2, 0.25) is 0 Å². The molecule has 13 heavy (non-hydrogen) atoms. The van der Waals surface area contributed by atoms with E-state index in [1.54, 1.807) is 24.3 Å². The van der Waals surface area contributed by atoms with Crippen molar-refractivity contribution < 1.29 is 9.53 Å². The first kappa shape index (κ1) is 10.0. The van der Waals surface area contributed by atoms with Crippen molar-refractivity contribution in [2.45, 2.75) is 11.9 Å². The SMILES string of the molecule is C[C@@](N)(Cl)C(=O)Oc1ccccc1. The van der Waals surface area contributed by atoms with Crippen LogP contribution >= 0.6 is 11.6 Å². The highest BCUT2D eigenvalue weighted by atomic mass is 35.5. The van der Waals surface area contributed by atoms with Crippen LogP contribution in [0.2, 0.25) is 0 Å². The number of carbonyl (C=O) groups is 1. The number of para-hydroxylation sites is 1. The van der Waals surface area contributed by atoms with Crippen molar-refractivity contribution in [3.8, 4) is 5.75 Å². The van der Waals surface area contributed by atoms with Gasteiger partial charge in [-0.05, 0) is 19.1 Å². The molecule has 0 fully saturated rings. The summed E-state index contributed by atoms with van der Waals surface area (Å²) in [4.78, 5) is 9.68. The van der Waals surface area contributed by atoms with Gasteiger partial charge in [-0.2, -0.15) is 0 Å². The van der Waals surface area contributed by atoms with Gasteiger partial charge >= 0.3 is 5.97 Å². The summed E-state index contributed by atoms with van der Waals surface area (Å²) in [7, 11) is 0. The molecule has 0 aromatic heterocycles. The maximum Gasteiger partial charge on any atom is 0.346 e. The lowest BCUT2D eigenvalue weighted by Crippen LogP contribution is -2.41. The molecule has 4 heteroatoms. The second kappa shape index (κ2) is 3.77. The fourth-order valence-corrected chi connectivity index (χ4v) is 0.734. The molecule has 0 bridgehead atoms. The van der Waals surface area contributed by atoms with Crippen LogP contribution in [-0.2, 0) is 4.79 Å². The summed E-state index contributed by atoms with van der Waals surface area (Å²) in [5.41, 5.74) is 5.32. The molecule has 0 aliphatic carbocycles. The molecule has 70 valence electrons. The zero-order valence-corrected chi connectivity index (χ0v) is 7.91. The molecule has 1 aromatic carbocycles. The highest BCUT2D eigenvalue weighted by Crippen LogP contribution is 2.13. The highest BCUT2D eigenvalue weighted by molar-refractivity contribution is 6.33. The first-order chi connectivity index (χ1) is 6.00. The summed E-state index contributed by atoms with van der Waals surface area (Å²) in [5, 5.41) is 0. The third kappa shape index (κ3) is 3.05. The zero-order chi connectivity index (χ0) is 9.90. The minimum Gasteiger partial charge on any atom is -0.424 e. The smallest absolute Gasteiger partial charge is 0.346 e. The highest BCUT2D eigenvalue weighted by Gasteiger charge is 2.27. The van der Waals surface area contributed by atoms with Gasteiger partial charge in [0.15, 0.2) is 5.00 Å². The molecule has 0 saturated carbocycles. The Bertz CT molecular complexity index is 292. The van der Waals surface area contributed by atoms with Gasteiger partial charge < -0.3 is 10.5 Å². The first-order valence-corrected chi connectivity index (χ1v) is 4.13. The Labute approximate surface area is 81.4 Å². The Morgan fingerprint density at radius 2 is 2.00 bits per heavy atom. The van der Waals surface area contributed by atoms with Gasteiger partial charge in [0.25, 0.3) is 0 Å². The van der Waals surface area contributed by atoms with Crippen LogP contribution in [0.5, 0.6) is 5.75 Å². The second-order valence-electron chi connectivity index (χ2n) is 2.78. The molecule has 0 saturated heterocycles. The van der Waals surface area contributed by atoms with Crippen LogP contribution in [0.15, 0.2) is 30.3 Å². The third-order valence-electron chi connectivity index (χ3n) is 1.35. The van der Waals surface area contributed by atoms with E-state index in [4.69, 9.17) is 22.1 Å². The summed E-state index contributed by atoms with van der Waals surface area (Å²) in [6.45, 7) is 1.37. The Morgan fingerprint density at radius 1 is 1.46 bits per heavy atom. The summed E-state index contributed by atoms with van der Waals surface area (Å²) in [6.07, 6.45) is 0. The second-order valence-corrected chi connectivity index (χ2v) is 3.56. The molecule has 3 nitrogen and oxygen atoms in total. The van der Waals surface area contributed by atoms with Crippen LogP contribution in [0.4, 0.5) is 0 Å². The zero-order valence-electron chi connectivity index (χ0n) is 7.16. The monoisotopic (exact) mass is 199 g/mol. The van der Waals surface area contributed by atoms with Crippen LogP contribution in [0.1, 0.15) is 6.92 Å². The third-order valence-corrected chi connectivity index (χ3v) is 1.51. The molecule has 0 radical (unpaired) electrons. The lowest BCUT2D eigenvalue weighted by molar-refractivity contribution is -0.136. The average molecular weight is 200 g/mol. The minimum absolute atomic E-state index is 0.435. The predicted molar refractivity (Wildman–Crippen MR) is 50.5 cm³/mol. The van der Waals surface area contributed by atoms with Crippen LogP contribution in [-0.4, -0.2) is 11.0 Å². The molecule has 1 rings (SSSR count). The number of hydrogen-bond acceptors (Lipinski definition) is 3. The molecule has 0 aliphatic rings. The van der Waals surface area contributed by atoms with Crippen molar-refractivity contribution in [2.24, 2.45) is 5.73 Å². The molecule has 0 unspecified atom stereocenters. The van der Waals surface area contributed by atoms with Gasteiger partial charge in [0.05, 0.1) is 0 Å². The van der Waals surface area contributed by atoms with Gasteiger partial charge in [-0.3, -0.25) is 0 Å². The molecule has 1 atom stereocenters. The Morgan fingerprint density at radius 3 is 2.46 bits per heavy atom. The van der Waals surface area contributed by atoms with Crippen LogP contribution < -0.4 is 10.5 Å². The minimum atomic E-state index is -1.48. The molecule has 1 aromatic rings. The van der Waals surface area contributed by atoms with Crippen molar-refractivity contribution in [2.75, 3.05) is 0 Å². The maximum atomic E-state index is 11.2. The van der Waals surface area contributed by atoms with E-state index in [1.807, 2.05) is 6.07 Å². The fraction of sp³-hybridized carbons (Fsp3) is 0.222. The van der Waals surface area contributed by atoms with Crippen LogP contribution in [0.3, 0.4) is 0 Å². The molecule has 2 N–H and O–H groups in total. The summed E-state index contributed by atoms with van der Waals surface area (Å²) < 4.78 is 4.88. The van der Waals surface area contributed by atoms with Gasteiger partial charge in [0.1, 0.15) is 5.75 Å². The lowest BCUT2D eigenvalue weighted by atomic mass is 10.3. The van der Waals surface area contributed by atoms with Gasteiger partial charge in [-0.1, -0.05) is 29.8 Å². The first-order valence-electron chi connectivity index (χ1n) is 3.75. The van der Waals surface area contributed by atoms with E-state index in [1.165, 1.54) is 6.92 Å². The lowest BCUT2D eigenvalue weighted by Gasteiger charge is -2.13. The van der Waals surface area contributed by atoms with Crippen molar-refractivity contribution >= 4 is 17.6 Å². The number of benzene rings is 1. The van der Waals surface area contributed by atoms with Crippen LogP contribution in [0.25, 0.3) is 0 Å². The summed E-state index contributed by atoms with van der Waals surface area (Å²) in [6, 6.07) is 8.64. The number of esters is 1. The van der Waals surface area contributed by atoms with Gasteiger partial charge in [0, 0.05) is 0 Å². The van der Waals surface area contributed by atoms with Crippen molar-refractivity contribution in [1.29, 1.82) is 0 Å². The number of halogens is 1. The topological polar surface area (TPSA) is 52.3 Å². The number of hydrogen-bond donors (Lipinski definition) is 1. The van der Waals surface area contributed by atoms with Gasteiger partial charge in [-0.15, -0.1) is 0 Å². The quantitative estimate of drug-likeness (QED) is 0.340. The Balaban J connectivity index is 2.66. The maximum absolute atomic E-state index is 11.2. The number of ether oxygens (including phenoxy) is 1. The van der Waals surface area contributed by atoms with Crippen molar-refractivity contribution in [1.82, 2.24) is 0 Å². The summed E-state index contributed by atoms with van der Waals surface area (Å²) in [5.74, 6) is -0.231. The number of nitrogens with two attached hydrogens (primary N) is 1. The molecular formula is C9H10ClNO2. The van der Waals surface area contributed by atoms with E-state index in [0.717, 1.165) is 0 Å². The Kier molecular flexibility index (Phi) is 2.90. The van der Waals surface area contributed by atoms with Crippen LogP contribution in [0, 0.1) is 0 Å². The molecular weight excluding hydrogens is 190 g/mol. The number of rotatable bonds is 2. The fourth-order valence-electron chi connectivity index (χ4n) is 0.695. The van der Waals surface area contributed by atoms with E-state index in [9.17, 15) is 4.79 Å². The van der Waals surface area contributed by atoms with E-state index in [2.05, 4.69) is 0 Å². The van der Waals surface area contributed by atoms with Gasteiger partial charge in [-0.25, -0.2) is 4.79 Å².